The van der Waals surface area contributed by atoms with Crippen molar-refractivity contribution < 1.29 is 4.74 Å². The molecular weight excluding hydrogens is 338 g/mol. The van der Waals surface area contributed by atoms with Crippen LogP contribution in [0.4, 0.5) is 17.5 Å². The normalized spacial score (nSPS) is 10.8. The standard InChI is InChI=1S/C18H14ClN5O/c19-11-1-5-13(6-2-11)25-14-7-3-12(4-8-14)22-17-15-9-10-21-16(15)23-18(20)24-17/h1-10H,(H4,20,21,22,23,24). The lowest BCUT2D eigenvalue weighted by Gasteiger charge is -2.09. The summed E-state index contributed by atoms with van der Waals surface area (Å²) >= 11 is 5.87. The first kappa shape index (κ1) is 15.3. The highest BCUT2D eigenvalue weighted by molar-refractivity contribution is 6.30. The van der Waals surface area contributed by atoms with Crippen molar-refractivity contribution in [3.63, 3.8) is 0 Å². The van der Waals surface area contributed by atoms with E-state index in [4.69, 9.17) is 22.1 Å². The van der Waals surface area contributed by atoms with Gasteiger partial charge in [-0.1, -0.05) is 11.6 Å². The number of nitrogens with zero attached hydrogens (tertiary/aromatic N) is 2. The molecule has 0 saturated heterocycles. The fourth-order valence-corrected chi connectivity index (χ4v) is 2.56. The van der Waals surface area contributed by atoms with Crippen LogP contribution in [0.5, 0.6) is 11.5 Å². The van der Waals surface area contributed by atoms with Gasteiger partial charge in [0.2, 0.25) is 5.95 Å². The van der Waals surface area contributed by atoms with Gasteiger partial charge in [0.15, 0.2) is 0 Å². The van der Waals surface area contributed by atoms with Crippen molar-refractivity contribution in [2.45, 2.75) is 0 Å². The molecule has 124 valence electrons. The van der Waals surface area contributed by atoms with E-state index in [-0.39, 0.29) is 5.95 Å². The number of benzene rings is 2. The number of hydrogen-bond donors (Lipinski definition) is 3. The zero-order valence-electron chi connectivity index (χ0n) is 13.0. The second kappa shape index (κ2) is 6.33. The van der Waals surface area contributed by atoms with E-state index in [0.717, 1.165) is 22.6 Å². The molecule has 0 aliphatic heterocycles. The summed E-state index contributed by atoms with van der Waals surface area (Å²) in [5.74, 6) is 2.31. The summed E-state index contributed by atoms with van der Waals surface area (Å²) in [6, 6.07) is 16.7. The molecule has 4 N–H and O–H groups in total. The molecule has 0 saturated carbocycles. The number of rotatable bonds is 4. The Hall–Kier alpha value is -3.25. The van der Waals surface area contributed by atoms with Crippen LogP contribution in [-0.2, 0) is 0 Å². The highest BCUT2D eigenvalue weighted by Crippen LogP contribution is 2.27. The summed E-state index contributed by atoms with van der Waals surface area (Å²) in [6.07, 6.45) is 1.80. The molecule has 2 aromatic heterocycles. The van der Waals surface area contributed by atoms with Gasteiger partial charge in [-0.05, 0) is 54.6 Å². The minimum atomic E-state index is 0.208. The molecule has 0 spiro atoms. The fraction of sp³-hybridized carbons (Fsp3) is 0. The van der Waals surface area contributed by atoms with Crippen molar-refractivity contribution >= 4 is 40.1 Å². The SMILES string of the molecule is Nc1nc(Nc2ccc(Oc3ccc(Cl)cc3)cc2)c2cc[nH]c2n1. The maximum Gasteiger partial charge on any atom is 0.224 e. The Balaban J connectivity index is 1.53. The summed E-state index contributed by atoms with van der Waals surface area (Å²) in [4.78, 5) is 11.4. The molecule has 0 radical (unpaired) electrons. The smallest absolute Gasteiger partial charge is 0.224 e. The topological polar surface area (TPSA) is 88.9 Å². The summed E-state index contributed by atoms with van der Waals surface area (Å²) in [5.41, 5.74) is 7.30. The van der Waals surface area contributed by atoms with Crippen LogP contribution in [-0.4, -0.2) is 15.0 Å². The maximum absolute atomic E-state index is 5.87. The van der Waals surface area contributed by atoms with E-state index in [1.807, 2.05) is 42.5 Å². The van der Waals surface area contributed by atoms with Crippen LogP contribution in [0.25, 0.3) is 11.0 Å². The van der Waals surface area contributed by atoms with Gasteiger partial charge in [0, 0.05) is 16.9 Å². The Morgan fingerprint density at radius 1 is 0.920 bits per heavy atom. The largest absolute Gasteiger partial charge is 0.457 e. The minimum Gasteiger partial charge on any atom is -0.457 e. The molecule has 0 fully saturated rings. The second-order valence-corrected chi connectivity index (χ2v) is 5.81. The maximum atomic E-state index is 5.87. The van der Waals surface area contributed by atoms with E-state index in [1.165, 1.54) is 0 Å². The molecule has 0 aliphatic carbocycles. The predicted octanol–water partition coefficient (Wildman–Crippen LogP) is 4.73. The van der Waals surface area contributed by atoms with Gasteiger partial charge in [0.1, 0.15) is 23.0 Å². The molecule has 6 nitrogen and oxygen atoms in total. The van der Waals surface area contributed by atoms with Crippen LogP contribution in [0.3, 0.4) is 0 Å². The predicted molar refractivity (Wildman–Crippen MR) is 99.6 cm³/mol. The Kier molecular flexibility index (Phi) is 3.87. The van der Waals surface area contributed by atoms with Crippen LogP contribution < -0.4 is 15.8 Å². The number of ether oxygens (including phenoxy) is 1. The Morgan fingerprint density at radius 2 is 1.60 bits per heavy atom. The lowest BCUT2D eigenvalue weighted by Crippen LogP contribution is -2.00. The molecule has 2 aromatic carbocycles. The number of nitrogen functional groups attached to an aromatic ring is 1. The van der Waals surface area contributed by atoms with Crippen LogP contribution in [0.1, 0.15) is 0 Å². The van der Waals surface area contributed by atoms with Gasteiger partial charge < -0.3 is 20.8 Å². The molecule has 4 aromatic rings. The zero-order chi connectivity index (χ0) is 17.2. The van der Waals surface area contributed by atoms with Crippen LogP contribution >= 0.6 is 11.6 Å². The third-order valence-corrected chi connectivity index (χ3v) is 3.85. The van der Waals surface area contributed by atoms with Crippen molar-refractivity contribution in [3.8, 4) is 11.5 Å². The Bertz CT molecular complexity index is 1010. The lowest BCUT2D eigenvalue weighted by atomic mass is 10.3. The van der Waals surface area contributed by atoms with Crippen LogP contribution in [0.2, 0.25) is 5.02 Å². The zero-order valence-corrected chi connectivity index (χ0v) is 13.8. The summed E-state index contributed by atoms with van der Waals surface area (Å²) in [7, 11) is 0. The molecule has 4 rings (SSSR count). The van der Waals surface area contributed by atoms with Crippen LogP contribution in [0.15, 0.2) is 60.8 Å². The quantitative estimate of drug-likeness (QED) is 0.494. The number of nitrogens with two attached hydrogens (primary N) is 1. The molecule has 2 heterocycles. The van der Waals surface area contributed by atoms with Gasteiger partial charge in [-0.3, -0.25) is 0 Å². The third kappa shape index (κ3) is 3.34. The van der Waals surface area contributed by atoms with E-state index in [1.54, 1.807) is 18.3 Å². The average Bonchev–Trinajstić information content (AvgIpc) is 3.07. The molecule has 7 heteroatoms. The highest BCUT2D eigenvalue weighted by atomic mass is 35.5. The van der Waals surface area contributed by atoms with Crippen molar-refractivity contribution in [2.75, 3.05) is 11.1 Å². The second-order valence-electron chi connectivity index (χ2n) is 5.38. The van der Waals surface area contributed by atoms with E-state index in [9.17, 15) is 0 Å². The van der Waals surface area contributed by atoms with E-state index in [2.05, 4.69) is 20.3 Å². The number of halogens is 1. The first-order chi connectivity index (χ1) is 12.2. The number of aromatic amines is 1. The summed E-state index contributed by atoms with van der Waals surface area (Å²) < 4.78 is 5.78. The van der Waals surface area contributed by atoms with E-state index in [0.29, 0.717) is 16.5 Å². The molecule has 0 aliphatic rings. The minimum absolute atomic E-state index is 0.208. The summed E-state index contributed by atoms with van der Waals surface area (Å²) in [5, 5.41) is 4.79. The number of aromatic nitrogens is 3. The van der Waals surface area contributed by atoms with Gasteiger partial charge in [-0.15, -0.1) is 0 Å². The number of hydrogen-bond acceptors (Lipinski definition) is 5. The molecule has 0 atom stereocenters. The first-order valence-electron chi connectivity index (χ1n) is 7.58. The first-order valence-corrected chi connectivity index (χ1v) is 7.96. The number of fused-ring (bicyclic) bond motifs is 1. The summed E-state index contributed by atoms with van der Waals surface area (Å²) in [6.45, 7) is 0. The van der Waals surface area contributed by atoms with Crippen molar-refractivity contribution in [2.24, 2.45) is 0 Å². The molecular formula is C18H14ClN5O. The fourth-order valence-electron chi connectivity index (χ4n) is 2.44. The van der Waals surface area contributed by atoms with Crippen molar-refractivity contribution in [1.82, 2.24) is 15.0 Å². The van der Waals surface area contributed by atoms with E-state index >= 15 is 0 Å². The Morgan fingerprint density at radius 3 is 2.32 bits per heavy atom. The van der Waals surface area contributed by atoms with Gasteiger partial charge in [0.25, 0.3) is 0 Å². The Labute approximate surface area is 148 Å². The molecule has 0 unspecified atom stereocenters. The van der Waals surface area contributed by atoms with Gasteiger partial charge in [-0.2, -0.15) is 9.97 Å². The van der Waals surface area contributed by atoms with Crippen molar-refractivity contribution in [3.05, 3.63) is 65.8 Å². The third-order valence-electron chi connectivity index (χ3n) is 3.60. The molecule has 0 amide bonds. The number of anilines is 3. The van der Waals surface area contributed by atoms with E-state index < -0.39 is 0 Å². The molecule has 25 heavy (non-hydrogen) atoms. The van der Waals surface area contributed by atoms with Crippen LogP contribution in [0, 0.1) is 0 Å². The highest BCUT2D eigenvalue weighted by Gasteiger charge is 2.07. The van der Waals surface area contributed by atoms with Crippen molar-refractivity contribution in [1.29, 1.82) is 0 Å². The lowest BCUT2D eigenvalue weighted by molar-refractivity contribution is 0.483. The van der Waals surface area contributed by atoms with Gasteiger partial charge >= 0.3 is 0 Å². The molecule has 0 bridgehead atoms. The number of nitrogens with one attached hydrogen (secondary N) is 2. The van der Waals surface area contributed by atoms with Gasteiger partial charge in [0.05, 0.1) is 5.39 Å². The average molecular weight is 352 g/mol. The number of H-pyrrole nitrogens is 1. The van der Waals surface area contributed by atoms with Gasteiger partial charge in [-0.25, -0.2) is 0 Å². The monoisotopic (exact) mass is 351 g/mol.